The Bertz CT molecular complexity index is 815. The van der Waals surface area contributed by atoms with Crippen molar-refractivity contribution in [1.82, 2.24) is 9.21 Å². The van der Waals surface area contributed by atoms with E-state index in [9.17, 15) is 8.42 Å². The highest BCUT2D eigenvalue weighted by molar-refractivity contribution is 7.89. The first-order chi connectivity index (χ1) is 11.4. The predicted molar refractivity (Wildman–Crippen MR) is 96.7 cm³/mol. The third-order valence-corrected chi connectivity index (χ3v) is 6.38. The number of aryl methyl sites for hydroxylation is 1. The number of halogens is 1. The van der Waals surface area contributed by atoms with Gasteiger partial charge in [0.05, 0.1) is 4.90 Å². The van der Waals surface area contributed by atoms with Crippen LogP contribution < -0.4 is 0 Å². The molecule has 0 spiro atoms. The molecule has 1 aliphatic rings. The molecule has 0 aliphatic carbocycles. The molecule has 2 aromatic carbocycles. The molecule has 128 valence electrons. The van der Waals surface area contributed by atoms with Crippen molar-refractivity contribution in [2.45, 2.75) is 18.4 Å². The maximum absolute atomic E-state index is 12.7. The van der Waals surface area contributed by atoms with Crippen molar-refractivity contribution in [3.63, 3.8) is 0 Å². The van der Waals surface area contributed by atoms with Crippen molar-refractivity contribution in [1.29, 1.82) is 0 Å². The van der Waals surface area contributed by atoms with Crippen LogP contribution in [0.4, 0.5) is 0 Å². The van der Waals surface area contributed by atoms with Gasteiger partial charge in [0.2, 0.25) is 10.0 Å². The first kappa shape index (κ1) is 17.4. The summed E-state index contributed by atoms with van der Waals surface area (Å²) in [5.41, 5.74) is 2.10. The fraction of sp³-hybridized carbons (Fsp3) is 0.333. The number of piperazine rings is 1. The summed E-state index contributed by atoms with van der Waals surface area (Å²) in [6.45, 7) is 5.16. The Morgan fingerprint density at radius 3 is 2.38 bits per heavy atom. The lowest BCUT2D eigenvalue weighted by atomic mass is 10.2. The molecule has 6 heteroatoms. The van der Waals surface area contributed by atoms with E-state index in [1.807, 2.05) is 37.3 Å². The van der Waals surface area contributed by atoms with E-state index in [4.69, 9.17) is 11.6 Å². The molecule has 1 saturated heterocycles. The molecule has 3 rings (SSSR count). The van der Waals surface area contributed by atoms with E-state index in [1.54, 1.807) is 22.5 Å². The van der Waals surface area contributed by atoms with E-state index in [0.29, 0.717) is 18.0 Å². The maximum atomic E-state index is 12.7. The Morgan fingerprint density at radius 2 is 1.71 bits per heavy atom. The van der Waals surface area contributed by atoms with Gasteiger partial charge in [-0.1, -0.05) is 35.9 Å². The zero-order valence-electron chi connectivity index (χ0n) is 13.7. The van der Waals surface area contributed by atoms with E-state index in [-0.39, 0.29) is 0 Å². The van der Waals surface area contributed by atoms with E-state index in [2.05, 4.69) is 4.90 Å². The molecule has 24 heavy (non-hydrogen) atoms. The standard InChI is InChI=1S/C18H21ClN2O2S/c1-15-4-2-7-18(12-15)24(22,23)21-10-8-20(9-11-21)14-16-5-3-6-17(19)13-16/h2-7,12-13H,8-11,14H2,1H3. The van der Waals surface area contributed by atoms with Crippen molar-refractivity contribution in [3.8, 4) is 0 Å². The van der Waals surface area contributed by atoms with Crippen molar-refractivity contribution in [2.24, 2.45) is 0 Å². The topological polar surface area (TPSA) is 40.6 Å². The summed E-state index contributed by atoms with van der Waals surface area (Å²) in [5.74, 6) is 0. The van der Waals surface area contributed by atoms with Crippen LogP contribution in [0, 0.1) is 6.92 Å². The molecule has 0 amide bonds. The third-order valence-electron chi connectivity index (χ3n) is 4.25. The summed E-state index contributed by atoms with van der Waals surface area (Å²) >= 11 is 6.02. The van der Waals surface area contributed by atoms with Crippen LogP contribution in [-0.2, 0) is 16.6 Å². The van der Waals surface area contributed by atoms with E-state index >= 15 is 0 Å². The quantitative estimate of drug-likeness (QED) is 0.836. The van der Waals surface area contributed by atoms with Crippen LogP contribution in [0.25, 0.3) is 0 Å². The number of sulfonamides is 1. The van der Waals surface area contributed by atoms with Crippen LogP contribution in [0.15, 0.2) is 53.4 Å². The van der Waals surface area contributed by atoms with Crippen molar-refractivity contribution < 1.29 is 8.42 Å². The monoisotopic (exact) mass is 364 g/mol. The SMILES string of the molecule is Cc1cccc(S(=O)(=O)N2CCN(Cc3cccc(Cl)c3)CC2)c1. The zero-order chi connectivity index (χ0) is 17.2. The van der Waals surface area contributed by atoms with Crippen molar-refractivity contribution >= 4 is 21.6 Å². The van der Waals surface area contributed by atoms with Crippen LogP contribution >= 0.6 is 11.6 Å². The van der Waals surface area contributed by atoms with Gasteiger partial charge in [0, 0.05) is 37.7 Å². The molecule has 0 radical (unpaired) electrons. The molecule has 0 bridgehead atoms. The van der Waals surface area contributed by atoms with Gasteiger partial charge >= 0.3 is 0 Å². The van der Waals surface area contributed by atoms with Gasteiger partial charge in [0.15, 0.2) is 0 Å². The predicted octanol–water partition coefficient (Wildman–Crippen LogP) is 3.15. The van der Waals surface area contributed by atoms with Gasteiger partial charge in [-0.3, -0.25) is 4.90 Å². The van der Waals surface area contributed by atoms with Crippen LogP contribution in [0.5, 0.6) is 0 Å². The second-order valence-electron chi connectivity index (χ2n) is 6.13. The average Bonchev–Trinajstić information content (AvgIpc) is 2.55. The molecule has 0 N–H and O–H groups in total. The first-order valence-electron chi connectivity index (χ1n) is 7.99. The summed E-state index contributed by atoms with van der Waals surface area (Å²) in [6.07, 6.45) is 0. The molecule has 4 nitrogen and oxygen atoms in total. The van der Waals surface area contributed by atoms with Crippen LogP contribution in [-0.4, -0.2) is 43.8 Å². The Balaban J connectivity index is 1.64. The molecule has 0 saturated carbocycles. The van der Waals surface area contributed by atoms with Crippen LogP contribution in [0.3, 0.4) is 0 Å². The Hall–Kier alpha value is -1.40. The third kappa shape index (κ3) is 3.98. The second kappa shape index (κ2) is 7.23. The van der Waals surface area contributed by atoms with Crippen molar-refractivity contribution in [2.75, 3.05) is 26.2 Å². The number of hydrogen-bond donors (Lipinski definition) is 0. The van der Waals surface area contributed by atoms with E-state index < -0.39 is 10.0 Å². The molecule has 2 aromatic rings. The van der Waals surface area contributed by atoms with Gasteiger partial charge in [-0.05, 0) is 42.3 Å². The van der Waals surface area contributed by atoms with Gasteiger partial charge in [-0.25, -0.2) is 8.42 Å². The molecule has 1 heterocycles. The molecule has 0 atom stereocenters. The minimum atomic E-state index is -3.40. The Morgan fingerprint density at radius 1 is 1.00 bits per heavy atom. The highest BCUT2D eigenvalue weighted by Gasteiger charge is 2.28. The molecule has 0 aromatic heterocycles. The molecule has 1 fully saturated rings. The molecule has 0 unspecified atom stereocenters. The highest BCUT2D eigenvalue weighted by atomic mass is 35.5. The molecular formula is C18H21ClN2O2S. The zero-order valence-corrected chi connectivity index (χ0v) is 15.2. The highest BCUT2D eigenvalue weighted by Crippen LogP contribution is 2.20. The summed E-state index contributed by atoms with van der Waals surface area (Å²) in [6, 6.07) is 14.9. The van der Waals surface area contributed by atoms with Gasteiger partial charge in [0.25, 0.3) is 0 Å². The molecule has 1 aliphatic heterocycles. The lowest BCUT2D eigenvalue weighted by molar-refractivity contribution is 0.181. The average molecular weight is 365 g/mol. The number of hydrogen-bond acceptors (Lipinski definition) is 3. The minimum absolute atomic E-state index is 0.380. The summed E-state index contributed by atoms with van der Waals surface area (Å²) in [5, 5.41) is 0.730. The largest absolute Gasteiger partial charge is 0.296 e. The summed E-state index contributed by atoms with van der Waals surface area (Å²) in [7, 11) is -3.40. The summed E-state index contributed by atoms with van der Waals surface area (Å²) in [4.78, 5) is 2.64. The number of benzene rings is 2. The second-order valence-corrected chi connectivity index (χ2v) is 8.50. The van der Waals surface area contributed by atoms with Crippen LogP contribution in [0.2, 0.25) is 5.02 Å². The van der Waals surface area contributed by atoms with Gasteiger partial charge in [-0.2, -0.15) is 4.31 Å². The Labute approximate surface area is 148 Å². The number of nitrogens with zero attached hydrogens (tertiary/aromatic N) is 2. The molecular weight excluding hydrogens is 344 g/mol. The minimum Gasteiger partial charge on any atom is -0.296 e. The Kier molecular flexibility index (Phi) is 5.25. The number of rotatable bonds is 4. The van der Waals surface area contributed by atoms with E-state index in [1.165, 1.54) is 0 Å². The summed E-state index contributed by atoms with van der Waals surface area (Å²) < 4.78 is 27.1. The van der Waals surface area contributed by atoms with Crippen molar-refractivity contribution in [3.05, 3.63) is 64.7 Å². The van der Waals surface area contributed by atoms with Gasteiger partial charge in [-0.15, -0.1) is 0 Å². The lowest BCUT2D eigenvalue weighted by Crippen LogP contribution is -2.48. The first-order valence-corrected chi connectivity index (χ1v) is 9.80. The lowest BCUT2D eigenvalue weighted by Gasteiger charge is -2.34. The smallest absolute Gasteiger partial charge is 0.243 e. The normalized spacial score (nSPS) is 17.1. The maximum Gasteiger partial charge on any atom is 0.243 e. The van der Waals surface area contributed by atoms with Crippen LogP contribution in [0.1, 0.15) is 11.1 Å². The van der Waals surface area contributed by atoms with Gasteiger partial charge in [0.1, 0.15) is 0 Å². The van der Waals surface area contributed by atoms with E-state index in [0.717, 1.165) is 35.8 Å². The fourth-order valence-electron chi connectivity index (χ4n) is 2.95. The van der Waals surface area contributed by atoms with Gasteiger partial charge < -0.3 is 0 Å². The fourth-order valence-corrected chi connectivity index (χ4v) is 4.69.